The third-order valence-electron chi connectivity index (χ3n) is 5.71. The fourth-order valence-electron chi connectivity index (χ4n) is 4.37. The Balaban J connectivity index is 1.57. The summed E-state index contributed by atoms with van der Waals surface area (Å²) in [5.41, 5.74) is 6.67. The summed E-state index contributed by atoms with van der Waals surface area (Å²) in [7, 11) is 0. The van der Waals surface area contributed by atoms with Crippen LogP contribution >= 0.6 is 15.9 Å². The fourth-order valence-corrected chi connectivity index (χ4v) is 4.63. The Kier molecular flexibility index (Phi) is 4.85. The van der Waals surface area contributed by atoms with Crippen molar-refractivity contribution in [2.24, 2.45) is 11.7 Å². The number of carbonyl (C=O) groups is 3. The normalized spacial score (nSPS) is 23.5. The second kappa shape index (κ2) is 7.56. The summed E-state index contributed by atoms with van der Waals surface area (Å²) in [6.45, 7) is -0.219. The van der Waals surface area contributed by atoms with E-state index in [4.69, 9.17) is 10.6 Å². The topological polar surface area (TPSA) is 92.9 Å². The van der Waals surface area contributed by atoms with Gasteiger partial charge in [-0.3, -0.25) is 19.2 Å². The van der Waals surface area contributed by atoms with Gasteiger partial charge < -0.3 is 5.73 Å². The van der Waals surface area contributed by atoms with Crippen molar-refractivity contribution >= 4 is 50.1 Å². The van der Waals surface area contributed by atoms with Gasteiger partial charge in [0, 0.05) is 4.47 Å². The lowest BCUT2D eigenvalue weighted by Gasteiger charge is -2.26. The lowest BCUT2D eigenvalue weighted by Crippen LogP contribution is -2.40. The number of nitrogens with zero attached hydrogens (tertiary/aromatic N) is 2. The van der Waals surface area contributed by atoms with Crippen LogP contribution in [-0.2, 0) is 19.2 Å². The predicted molar refractivity (Wildman–Crippen MR) is 118 cm³/mol. The van der Waals surface area contributed by atoms with Crippen LogP contribution in [0.2, 0.25) is 0 Å². The van der Waals surface area contributed by atoms with Crippen LogP contribution in [0.1, 0.15) is 11.6 Å². The quantitative estimate of drug-likeness (QED) is 0.580. The zero-order valence-electron chi connectivity index (χ0n) is 16.3. The first-order chi connectivity index (χ1) is 14.9. The number of carbonyl (C=O) groups excluding carboxylic acids is 3. The molecule has 0 aliphatic carbocycles. The monoisotopic (exact) mass is 479 g/mol. The molecule has 2 aliphatic rings. The maximum absolute atomic E-state index is 13.4. The third kappa shape index (κ3) is 3.33. The highest BCUT2D eigenvalue weighted by Gasteiger charge is 2.60. The van der Waals surface area contributed by atoms with Crippen molar-refractivity contribution in [3.05, 3.63) is 76.8 Å². The minimum absolute atomic E-state index is 0.219. The number of anilines is 1. The molecule has 0 spiro atoms. The molecule has 31 heavy (non-hydrogen) atoms. The van der Waals surface area contributed by atoms with Gasteiger partial charge in [0.25, 0.3) is 5.91 Å². The van der Waals surface area contributed by atoms with Gasteiger partial charge in [0.05, 0.1) is 17.6 Å². The molecule has 2 N–H and O–H groups in total. The Morgan fingerprint density at radius 1 is 0.968 bits per heavy atom. The van der Waals surface area contributed by atoms with Crippen molar-refractivity contribution in [3.8, 4) is 0 Å². The molecule has 2 saturated heterocycles. The standard InChI is InChI=1S/C23H18BrN3O4/c24-16-7-9-17(10-8-16)27-22(29)19-20(26(12-18(25)28)31-21(19)23(27)30)15-6-5-13-3-1-2-4-14(13)11-15/h1-11,19-21H,12H2,(H2,25,28). The number of halogens is 1. The van der Waals surface area contributed by atoms with Crippen molar-refractivity contribution in [1.82, 2.24) is 5.06 Å². The number of amides is 3. The number of nitrogens with two attached hydrogens (primary N) is 1. The van der Waals surface area contributed by atoms with Crippen LogP contribution in [-0.4, -0.2) is 35.4 Å². The van der Waals surface area contributed by atoms with E-state index in [1.165, 1.54) is 5.06 Å². The van der Waals surface area contributed by atoms with Gasteiger partial charge in [-0.2, -0.15) is 5.06 Å². The number of hydrogen-bond acceptors (Lipinski definition) is 5. The Bertz CT molecular complexity index is 1210. The van der Waals surface area contributed by atoms with Crippen LogP contribution in [0, 0.1) is 5.92 Å². The average Bonchev–Trinajstić information content (AvgIpc) is 3.23. The molecular formula is C23H18BrN3O4. The first kappa shape index (κ1) is 19.9. The van der Waals surface area contributed by atoms with Gasteiger partial charge in [-0.15, -0.1) is 0 Å². The molecule has 2 fully saturated rings. The van der Waals surface area contributed by atoms with Crippen LogP contribution in [0.15, 0.2) is 71.2 Å². The number of rotatable bonds is 4. The first-order valence-electron chi connectivity index (χ1n) is 9.78. The van der Waals surface area contributed by atoms with E-state index < -0.39 is 29.9 Å². The molecule has 2 aliphatic heterocycles. The maximum atomic E-state index is 13.4. The second-order valence-electron chi connectivity index (χ2n) is 7.63. The van der Waals surface area contributed by atoms with Gasteiger partial charge in [0.1, 0.15) is 6.54 Å². The van der Waals surface area contributed by atoms with Crippen molar-refractivity contribution < 1.29 is 19.2 Å². The van der Waals surface area contributed by atoms with E-state index in [9.17, 15) is 14.4 Å². The van der Waals surface area contributed by atoms with Crippen LogP contribution in [0.3, 0.4) is 0 Å². The van der Waals surface area contributed by atoms with Gasteiger partial charge in [-0.05, 0) is 46.7 Å². The number of hydroxylamine groups is 2. The molecule has 3 aromatic carbocycles. The highest BCUT2D eigenvalue weighted by Crippen LogP contribution is 2.46. The van der Waals surface area contributed by atoms with Gasteiger partial charge in [0.2, 0.25) is 11.8 Å². The predicted octanol–water partition coefficient (Wildman–Crippen LogP) is 2.93. The van der Waals surface area contributed by atoms with E-state index in [-0.39, 0.29) is 12.5 Å². The summed E-state index contributed by atoms with van der Waals surface area (Å²) in [5.74, 6) is -2.19. The highest BCUT2D eigenvalue weighted by molar-refractivity contribution is 9.10. The number of benzene rings is 3. The van der Waals surface area contributed by atoms with Gasteiger partial charge >= 0.3 is 0 Å². The average molecular weight is 480 g/mol. The van der Waals surface area contributed by atoms with E-state index in [1.54, 1.807) is 24.3 Å². The summed E-state index contributed by atoms with van der Waals surface area (Å²) in [6, 6.07) is 20.0. The SMILES string of the molecule is NC(=O)CN1OC2C(=O)N(c3ccc(Br)cc3)C(=O)C2C1c1ccc2ccccc2c1. The number of imide groups is 1. The Hall–Kier alpha value is -3.07. The third-order valence-corrected chi connectivity index (χ3v) is 6.24. The Morgan fingerprint density at radius 2 is 1.68 bits per heavy atom. The molecule has 156 valence electrons. The zero-order chi connectivity index (χ0) is 21.7. The Labute approximate surface area is 186 Å². The molecule has 2 heterocycles. The summed E-state index contributed by atoms with van der Waals surface area (Å²) >= 11 is 3.36. The van der Waals surface area contributed by atoms with Crippen molar-refractivity contribution in [2.45, 2.75) is 12.1 Å². The molecule has 0 bridgehead atoms. The van der Waals surface area contributed by atoms with Crippen LogP contribution in [0.5, 0.6) is 0 Å². The van der Waals surface area contributed by atoms with E-state index in [0.717, 1.165) is 25.7 Å². The maximum Gasteiger partial charge on any atom is 0.265 e. The van der Waals surface area contributed by atoms with Crippen molar-refractivity contribution in [3.63, 3.8) is 0 Å². The molecule has 3 unspecified atom stereocenters. The molecule has 0 saturated carbocycles. The van der Waals surface area contributed by atoms with Crippen LogP contribution in [0.4, 0.5) is 5.69 Å². The molecule has 3 amide bonds. The van der Waals surface area contributed by atoms with E-state index in [2.05, 4.69) is 15.9 Å². The van der Waals surface area contributed by atoms with Crippen molar-refractivity contribution in [2.75, 3.05) is 11.4 Å². The Morgan fingerprint density at radius 3 is 2.39 bits per heavy atom. The largest absolute Gasteiger partial charge is 0.368 e. The first-order valence-corrected chi connectivity index (χ1v) is 10.6. The molecule has 3 aromatic rings. The highest BCUT2D eigenvalue weighted by atomic mass is 79.9. The molecule has 8 heteroatoms. The van der Waals surface area contributed by atoms with E-state index >= 15 is 0 Å². The van der Waals surface area contributed by atoms with E-state index in [1.807, 2.05) is 42.5 Å². The summed E-state index contributed by atoms with van der Waals surface area (Å²) < 4.78 is 0.841. The minimum atomic E-state index is -1.01. The number of hydrogen-bond donors (Lipinski definition) is 1. The smallest absolute Gasteiger partial charge is 0.265 e. The molecule has 3 atom stereocenters. The second-order valence-corrected chi connectivity index (χ2v) is 8.55. The molecule has 7 nitrogen and oxygen atoms in total. The van der Waals surface area contributed by atoms with Gasteiger partial charge in [-0.1, -0.05) is 52.3 Å². The molecule has 0 aromatic heterocycles. The molecule has 5 rings (SSSR count). The summed E-state index contributed by atoms with van der Waals surface area (Å²) in [4.78, 5) is 45.2. The fraction of sp³-hybridized carbons (Fsp3) is 0.174. The number of primary amides is 1. The zero-order valence-corrected chi connectivity index (χ0v) is 17.9. The lowest BCUT2D eigenvalue weighted by molar-refractivity contribution is -0.175. The van der Waals surface area contributed by atoms with Crippen LogP contribution < -0.4 is 10.6 Å². The van der Waals surface area contributed by atoms with Crippen LogP contribution in [0.25, 0.3) is 10.8 Å². The summed E-state index contributed by atoms with van der Waals surface area (Å²) in [6.07, 6.45) is -1.01. The number of fused-ring (bicyclic) bond motifs is 2. The van der Waals surface area contributed by atoms with Gasteiger partial charge in [0.15, 0.2) is 6.10 Å². The lowest BCUT2D eigenvalue weighted by atomic mass is 9.89. The molecular weight excluding hydrogens is 462 g/mol. The minimum Gasteiger partial charge on any atom is -0.368 e. The summed E-state index contributed by atoms with van der Waals surface area (Å²) in [5, 5.41) is 3.41. The van der Waals surface area contributed by atoms with E-state index in [0.29, 0.717) is 5.69 Å². The van der Waals surface area contributed by atoms with Crippen molar-refractivity contribution in [1.29, 1.82) is 0 Å². The molecule has 0 radical (unpaired) electrons. The van der Waals surface area contributed by atoms with Gasteiger partial charge in [-0.25, -0.2) is 4.90 Å².